The van der Waals surface area contributed by atoms with Gasteiger partial charge in [0.25, 0.3) is 0 Å². The Balaban J connectivity index is 0. The van der Waals surface area contributed by atoms with Crippen LogP contribution in [-0.2, 0) is 14.3 Å². The van der Waals surface area contributed by atoms with E-state index in [1.54, 1.807) is 0 Å². The normalized spacial score (nSPS) is 9.13. The molecule has 0 bridgehead atoms. The summed E-state index contributed by atoms with van der Waals surface area (Å²) in [6.07, 6.45) is 6.14. The fraction of sp³-hybridized carbons (Fsp3) is 0.800. The molecule has 0 heterocycles. The highest BCUT2D eigenvalue weighted by Gasteiger charge is 2.00. The van der Waals surface area contributed by atoms with Crippen LogP contribution in [0.2, 0.25) is 0 Å². The zero-order valence-corrected chi connectivity index (χ0v) is 9.76. The van der Waals surface area contributed by atoms with Crippen molar-refractivity contribution in [1.82, 2.24) is 0 Å². The molecule has 0 aromatic heterocycles. The van der Waals surface area contributed by atoms with Crippen LogP contribution in [0.4, 0.5) is 0 Å². The summed E-state index contributed by atoms with van der Waals surface area (Å²) >= 11 is 0. The maximum Gasteiger partial charge on any atom is 0.306 e. The molecule has 0 rings (SSSR count). The zero-order valence-electron chi connectivity index (χ0n) is 8.94. The molecule has 0 aliphatic rings. The summed E-state index contributed by atoms with van der Waals surface area (Å²) in [6.45, 7) is 0.618. The smallest absolute Gasteiger partial charge is 0.306 e. The predicted octanol–water partition coefficient (Wildman–Crippen LogP) is 1.45. The number of carbonyl (C=O) groups is 2. The number of nitrogens with two attached hydrogens (primary N) is 1. The first-order valence-electron chi connectivity index (χ1n) is 5.10. The number of hydrogen-bond donors (Lipinski definition) is 1. The van der Waals surface area contributed by atoms with E-state index in [0.717, 1.165) is 38.6 Å². The summed E-state index contributed by atoms with van der Waals surface area (Å²) in [7, 11) is 0. The minimum absolute atomic E-state index is 0. The van der Waals surface area contributed by atoms with Crippen LogP contribution in [0.5, 0.6) is 0 Å². The van der Waals surface area contributed by atoms with Crippen LogP contribution in [0.25, 0.3) is 0 Å². The monoisotopic (exact) mass is 237 g/mol. The van der Waals surface area contributed by atoms with E-state index in [0.29, 0.717) is 12.7 Å². The lowest BCUT2D eigenvalue weighted by Gasteiger charge is -2.01. The van der Waals surface area contributed by atoms with Gasteiger partial charge in [0.05, 0.1) is 0 Å². The van der Waals surface area contributed by atoms with E-state index in [1.165, 1.54) is 0 Å². The summed E-state index contributed by atoms with van der Waals surface area (Å²) < 4.78 is 4.59. The number of esters is 1. The molecule has 0 aliphatic carbocycles. The van der Waals surface area contributed by atoms with E-state index in [-0.39, 0.29) is 25.0 Å². The summed E-state index contributed by atoms with van der Waals surface area (Å²) in [4.78, 5) is 20.8. The molecular formula is C10H20ClNO3. The minimum Gasteiger partial charge on any atom is -0.458 e. The Bertz CT molecular complexity index is 165. The Labute approximate surface area is 97.0 Å². The van der Waals surface area contributed by atoms with E-state index in [9.17, 15) is 9.59 Å². The van der Waals surface area contributed by atoms with Crippen molar-refractivity contribution in [1.29, 1.82) is 0 Å². The van der Waals surface area contributed by atoms with Crippen molar-refractivity contribution in [3.8, 4) is 0 Å². The highest BCUT2D eigenvalue weighted by molar-refractivity contribution is 5.85. The SMILES string of the molecule is Cl.NCCCCCCCC(=O)OCC=O. The van der Waals surface area contributed by atoms with Crippen molar-refractivity contribution < 1.29 is 14.3 Å². The third-order valence-electron chi connectivity index (χ3n) is 1.90. The quantitative estimate of drug-likeness (QED) is 0.374. The average molecular weight is 238 g/mol. The molecule has 0 atom stereocenters. The van der Waals surface area contributed by atoms with Gasteiger partial charge in [-0.2, -0.15) is 0 Å². The van der Waals surface area contributed by atoms with Gasteiger partial charge in [0.15, 0.2) is 6.29 Å². The van der Waals surface area contributed by atoms with Gasteiger partial charge < -0.3 is 10.5 Å². The maximum absolute atomic E-state index is 10.9. The molecule has 15 heavy (non-hydrogen) atoms. The first-order chi connectivity index (χ1) is 6.81. The number of aldehydes is 1. The fourth-order valence-electron chi connectivity index (χ4n) is 1.14. The second-order valence-corrected chi connectivity index (χ2v) is 3.16. The summed E-state index contributed by atoms with van der Waals surface area (Å²) in [5.41, 5.74) is 5.34. The van der Waals surface area contributed by atoms with Gasteiger partial charge in [-0.25, -0.2) is 0 Å². The van der Waals surface area contributed by atoms with Gasteiger partial charge in [-0.15, -0.1) is 12.4 Å². The average Bonchev–Trinajstić information content (AvgIpc) is 2.20. The number of halogens is 1. The van der Waals surface area contributed by atoms with Gasteiger partial charge in [0.1, 0.15) is 6.61 Å². The summed E-state index contributed by atoms with van der Waals surface area (Å²) in [5, 5.41) is 0. The van der Waals surface area contributed by atoms with Crippen molar-refractivity contribution >= 4 is 24.7 Å². The van der Waals surface area contributed by atoms with Gasteiger partial charge in [0.2, 0.25) is 0 Å². The number of rotatable bonds is 9. The molecule has 0 aliphatic heterocycles. The highest BCUT2D eigenvalue weighted by Crippen LogP contribution is 2.05. The van der Waals surface area contributed by atoms with Crippen molar-refractivity contribution in [3.63, 3.8) is 0 Å². The van der Waals surface area contributed by atoms with Crippen LogP contribution in [0.1, 0.15) is 38.5 Å². The van der Waals surface area contributed by atoms with E-state index in [1.807, 2.05) is 0 Å². The Morgan fingerprint density at radius 1 is 1.13 bits per heavy atom. The molecule has 0 fully saturated rings. The van der Waals surface area contributed by atoms with E-state index < -0.39 is 0 Å². The van der Waals surface area contributed by atoms with Crippen molar-refractivity contribution in [2.75, 3.05) is 13.2 Å². The topological polar surface area (TPSA) is 69.4 Å². The van der Waals surface area contributed by atoms with Crippen LogP contribution in [0, 0.1) is 0 Å². The second-order valence-electron chi connectivity index (χ2n) is 3.16. The zero-order chi connectivity index (χ0) is 10.6. The van der Waals surface area contributed by atoms with Crippen molar-refractivity contribution in [3.05, 3.63) is 0 Å². The minimum atomic E-state index is -0.282. The van der Waals surface area contributed by atoms with Gasteiger partial charge >= 0.3 is 5.97 Å². The third-order valence-corrected chi connectivity index (χ3v) is 1.90. The number of carbonyl (C=O) groups excluding carboxylic acids is 2. The molecule has 0 unspecified atom stereocenters. The highest BCUT2D eigenvalue weighted by atomic mass is 35.5. The van der Waals surface area contributed by atoms with Crippen molar-refractivity contribution in [2.45, 2.75) is 38.5 Å². The van der Waals surface area contributed by atoms with Gasteiger partial charge in [-0.1, -0.05) is 19.3 Å². The molecule has 90 valence electrons. The molecule has 4 nitrogen and oxygen atoms in total. The molecule has 0 amide bonds. The molecule has 2 N–H and O–H groups in total. The second kappa shape index (κ2) is 13.4. The number of unbranched alkanes of at least 4 members (excludes halogenated alkanes) is 4. The molecule has 0 saturated carbocycles. The fourth-order valence-corrected chi connectivity index (χ4v) is 1.14. The number of hydrogen-bond acceptors (Lipinski definition) is 4. The molecule has 0 radical (unpaired) electrons. The summed E-state index contributed by atoms with van der Waals surface area (Å²) in [5.74, 6) is -0.282. The van der Waals surface area contributed by atoms with Crippen molar-refractivity contribution in [2.24, 2.45) is 5.73 Å². The van der Waals surface area contributed by atoms with Crippen LogP contribution in [0.3, 0.4) is 0 Å². The van der Waals surface area contributed by atoms with E-state index in [4.69, 9.17) is 5.73 Å². The maximum atomic E-state index is 10.9. The first kappa shape index (κ1) is 16.8. The van der Waals surface area contributed by atoms with E-state index >= 15 is 0 Å². The van der Waals surface area contributed by atoms with Crippen LogP contribution < -0.4 is 5.73 Å². The molecular weight excluding hydrogens is 218 g/mol. The predicted molar refractivity (Wildman–Crippen MR) is 61.0 cm³/mol. The van der Waals surface area contributed by atoms with Gasteiger partial charge in [0, 0.05) is 6.42 Å². The van der Waals surface area contributed by atoms with E-state index in [2.05, 4.69) is 4.74 Å². The van der Waals surface area contributed by atoms with Crippen LogP contribution >= 0.6 is 12.4 Å². The molecule has 5 heteroatoms. The first-order valence-corrected chi connectivity index (χ1v) is 5.10. The van der Waals surface area contributed by atoms with Crippen LogP contribution in [0.15, 0.2) is 0 Å². The molecule has 0 aromatic carbocycles. The summed E-state index contributed by atoms with van der Waals surface area (Å²) in [6, 6.07) is 0. The lowest BCUT2D eigenvalue weighted by atomic mass is 10.1. The standard InChI is InChI=1S/C10H19NO3.ClH/c11-7-5-3-1-2-4-6-10(13)14-9-8-12;/h8H,1-7,9,11H2;1H. The largest absolute Gasteiger partial charge is 0.458 e. The molecule has 0 spiro atoms. The lowest BCUT2D eigenvalue weighted by Crippen LogP contribution is -2.06. The van der Waals surface area contributed by atoms with Gasteiger partial charge in [-0.05, 0) is 19.4 Å². The molecule has 0 saturated heterocycles. The Morgan fingerprint density at radius 2 is 1.73 bits per heavy atom. The van der Waals surface area contributed by atoms with Gasteiger partial charge in [-0.3, -0.25) is 9.59 Å². The Hall–Kier alpha value is -0.610. The third kappa shape index (κ3) is 13.4. The Morgan fingerprint density at radius 3 is 2.33 bits per heavy atom. The van der Waals surface area contributed by atoms with Crippen LogP contribution in [-0.4, -0.2) is 25.4 Å². The Kier molecular flexibility index (Phi) is 15.0. The molecule has 0 aromatic rings. The lowest BCUT2D eigenvalue weighted by molar-refractivity contribution is -0.145. The number of ether oxygens (including phenoxy) is 1.